The van der Waals surface area contributed by atoms with Crippen LogP contribution >= 0.6 is 0 Å². The van der Waals surface area contributed by atoms with Crippen molar-refractivity contribution in [1.29, 1.82) is 0 Å². The minimum Gasteiger partial charge on any atom is -0.480 e. The quantitative estimate of drug-likeness (QED) is 0.740. The van der Waals surface area contributed by atoms with Crippen LogP contribution in [0.5, 0.6) is 0 Å². The van der Waals surface area contributed by atoms with Crippen LogP contribution in [-0.2, 0) is 4.79 Å². The van der Waals surface area contributed by atoms with Gasteiger partial charge in [0.2, 0.25) is 0 Å². The van der Waals surface area contributed by atoms with Crippen molar-refractivity contribution in [1.82, 2.24) is 10.6 Å². The van der Waals surface area contributed by atoms with E-state index < -0.39 is 42.1 Å². The number of urea groups is 1. The fourth-order valence-electron chi connectivity index (χ4n) is 1.44. The summed E-state index contributed by atoms with van der Waals surface area (Å²) in [5.41, 5.74) is -0.754. The Morgan fingerprint density at radius 1 is 1.16 bits per heavy atom. The number of aliphatic carboxylic acids is 1. The molecule has 112 valence electrons. The van der Waals surface area contributed by atoms with Gasteiger partial charge in [-0.2, -0.15) is 13.2 Å². The van der Waals surface area contributed by atoms with E-state index in [0.29, 0.717) is 0 Å². The molecule has 0 aliphatic rings. The molecule has 0 aromatic rings. The first-order chi connectivity index (χ1) is 8.33. The van der Waals surface area contributed by atoms with Gasteiger partial charge >= 0.3 is 18.2 Å². The Labute approximate surface area is 109 Å². The van der Waals surface area contributed by atoms with E-state index in [9.17, 15) is 22.8 Å². The number of nitrogens with one attached hydrogen (secondary N) is 2. The maximum absolute atomic E-state index is 12.1. The molecule has 0 spiro atoms. The molecule has 3 N–H and O–H groups in total. The number of rotatable bonds is 4. The third kappa shape index (κ3) is 7.53. The van der Waals surface area contributed by atoms with Crippen LogP contribution in [0, 0.1) is 5.41 Å². The molecule has 0 aromatic carbocycles. The second-order valence-corrected chi connectivity index (χ2v) is 5.48. The highest BCUT2D eigenvalue weighted by Gasteiger charge is 2.34. The van der Waals surface area contributed by atoms with Gasteiger partial charge in [-0.1, -0.05) is 20.8 Å². The van der Waals surface area contributed by atoms with Gasteiger partial charge in [0, 0.05) is 6.04 Å². The SMILES string of the molecule is CC(CC(F)(F)F)NC(=O)NC(C(=O)O)C(C)(C)C. The molecule has 0 fully saturated rings. The summed E-state index contributed by atoms with van der Waals surface area (Å²) in [6, 6.07) is -3.25. The highest BCUT2D eigenvalue weighted by atomic mass is 19.4. The van der Waals surface area contributed by atoms with Crippen molar-refractivity contribution >= 4 is 12.0 Å². The first-order valence-corrected chi connectivity index (χ1v) is 5.69. The van der Waals surface area contributed by atoms with Crippen molar-refractivity contribution < 1.29 is 27.9 Å². The lowest BCUT2D eigenvalue weighted by atomic mass is 9.87. The highest BCUT2D eigenvalue weighted by molar-refractivity contribution is 5.83. The predicted octanol–water partition coefficient (Wildman–Crippen LogP) is 2.13. The van der Waals surface area contributed by atoms with E-state index in [1.807, 2.05) is 0 Å². The van der Waals surface area contributed by atoms with Crippen molar-refractivity contribution in [2.45, 2.75) is 52.4 Å². The van der Waals surface area contributed by atoms with Gasteiger partial charge < -0.3 is 15.7 Å². The van der Waals surface area contributed by atoms with Crippen molar-refractivity contribution in [3.8, 4) is 0 Å². The average Bonchev–Trinajstić information content (AvgIpc) is 2.07. The van der Waals surface area contributed by atoms with Gasteiger partial charge in [0.25, 0.3) is 0 Å². The van der Waals surface area contributed by atoms with E-state index in [1.165, 1.54) is 6.92 Å². The number of carboxylic acid groups (broad SMARTS) is 1. The van der Waals surface area contributed by atoms with Crippen LogP contribution in [0.25, 0.3) is 0 Å². The zero-order valence-corrected chi connectivity index (χ0v) is 11.3. The molecule has 2 amide bonds. The Bertz CT molecular complexity index is 337. The maximum atomic E-state index is 12.1. The molecule has 0 aliphatic carbocycles. The molecular formula is C11H19F3N2O3. The fraction of sp³-hybridized carbons (Fsp3) is 0.818. The molecule has 19 heavy (non-hydrogen) atoms. The summed E-state index contributed by atoms with van der Waals surface area (Å²) < 4.78 is 36.2. The summed E-state index contributed by atoms with van der Waals surface area (Å²) in [5.74, 6) is -1.24. The molecule has 8 heteroatoms. The van der Waals surface area contributed by atoms with Crippen molar-refractivity contribution in [2.24, 2.45) is 5.41 Å². The minimum absolute atomic E-state index is 0.754. The minimum atomic E-state index is -4.39. The summed E-state index contributed by atoms with van der Waals surface area (Å²) >= 11 is 0. The number of carbonyl (C=O) groups is 2. The van der Waals surface area contributed by atoms with E-state index in [0.717, 1.165) is 0 Å². The van der Waals surface area contributed by atoms with E-state index in [4.69, 9.17) is 5.11 Å². The van der Waals surface area contributed by atoms with Crippen LogP contribution in [0.1, 0.15) is 34.1 Å². The number of carbonyl (C=O) groups excluding carboxylic acids is 1. The van der Waals surface area contributed by atoms with Crippen molar-refractivity contribution in [3.63, 3.8) is 0 Å². The van der Waals surface area contributed by atoms with Crippen LogP contribution in [0.4, 0.5) is 18.0 Å². The van der Waals surface area contributed by atoms with Crippen molar-refractivity contribution in [3.05, 3.63) is 0 Å². The molecule has 0 aromatic heterocycles. The Morgan fingerprint density at radius 3 is 1.95 bits per heavy atom. The van der Waals surface area contributed by atoms with Gasteiger partial charge in [-0.05, 0) is 12.3 Å². The Hall–Kier alpha value is -1.47. The largest absolute Gasteiger partial charge is 0.480 e. The van der Waals surface area contributed by atoms with E-state index in [1.54, 1.807) is 20.8 Å². The highest BCUT2D eigenvalue weighted by Crippen LogP contribution is 2.22. The number of halogens is 3. The molecular weight excluding hydrogens is 265 g/mol. The lowest BCUT2D eigenvalue weighted by molar-refractivity contribution is -0.142. The third-order valence-electron chi connectivity index (χ3n) is 2.30. The lowest BCUT2D eigenvalue weighted by Gasteiger charge is -2.28. The van der Waals surface area contributed by atoms with Gasteiger partial charge in [0.1, 0.15) is 6.04 Å². The van der Waals surface area contributed by atoms with Crippen LogP contribution in [-0.4, -0.2) is 35.4 Å². The van der Waals surface area contributed by atoms with Gasteiger partial charge in [0.15, 0.2) is 0 Å². The molecule has 0 radical (unpaired) electrons. The van der Waals surface area contributed by atoms with Crippen LogP contribution in [0.15, 0.2) is 0 Å². The zero-order valence-electron chi connectivity index (χ0n) is 11.3. The average molecular weight is 284 g/mol. The summed E-state index contributed by atoms with van der Waals surface area (Å²) in [6.07, 6.45) is -5.56. The number of hydrogen-bond donors (Lipinski definition) is 3. The second-order valence-electron chi connectivity index (χ2n) is 5.48. The van der Waals surface area contributed by atoms with E-state index in [-0.39, 0.29) is 0 Å². The molecule has 0 aliphatic heterocycles. The molecule has 0 heterocycles. The zero-order chi connectivity index (χ0) is 15.4. The normalized spacial score (nSPS) is 15.5. The van der Waals surface area contributed by atoms with Gasteiger partial charge in [0.05, 0.1) is 6.42 Å². The number of amides is 2. The monoisotopic (exact) mass is 284 g/mol. The second kappa shape index (κ2) is 6.12. The lowest BCUT2D eigenvalue weighted by Crippen LogP contribution is -2.53. The Balaban J connectivity index is 4.48. The number of carboxylic acids is 1. The first-order valence-electron chi connectivity index (χ1n) is 5.69. The van der Waals surface area contributed by atoms with Gasteiger partial charge in [-0.15, -0.1) is 0 Å². The first kappa shape index (κ1) is 17.5. The smallest absolute Gasteiger partial charge is 0.391 e. The maximum Gasteiger partial charge on any atom is 0.391 e. The van der Waals surface area contributed by atoms with E-state index in [2.05, 4.69) is 10.6 Å². The molecule has 0 saturated carbocycles. The summed E-state index contributed by atoms with van der Waals surface area (Å²) in [4.78, 5) is 22.4. The fourth-order valence-corrected chi connectivity index (χ4v) is 1.44. The van der Waals surface area contributed by atoms with Crippen LogP contribution < -0.4 is 10.6 Å². The van der Waals surface area contributed by atoms with Crippen molar-refractivity contribution in [2.75, 3.05) is 0 Å². The molecule has 5 nitrogen and oxygen atoms in total. The van der Waals surface area contributed by atoms with E-state index >= 15 is 0 Å². The third-order valence-corrected chi connectivity index (χ3v) is 2.30. The number of hydrogen-bond acceptors (Lipinski definition) is 2. The van der Waals surface area contributed by atoms with Crippen LogP contribution in [0.2, 0.25) is 0 Å². The predicted molar refractivity (Wildman–Crippen MR) is 62.7 cm³/mol. The summed E-state index contributed by atoms with van der Waals surface area (Å²) in [6.45, 7) is 6.00. The standard InChI is InChI=1S/C11H19F3N2O3/c1-6(5-11(12,13)14)15-9(19)16-7(8(17)18)10(2,3)4/h6-7H,5H2,1-4H3,(H,17,18)(H2,15,16,19). The summed E-state index contributed by atoms with van der Waals surface area (Å²) in [7, 11) is 0. The molecule has 0 bridgehead atoms. The Kier molecular flexibility index (Phi) is 5.64. The number of alkyl halides is 3. The summed E-state index contributed by atoms with van der Waals surface area (Å²) in [5, 5.41) is 13.2. The topological polar surface area (TPSA) is 78.4 Å². The van der Waals surface area contributed by atoms with Crippen LogP contribution in [0.3, 0.4) is 0 Å². The molecule has 0 saturated heterocycles. The van der Waals surface area contributed by atoms with Gasteiger partial charge in [-0.25, -0.2) is 9.59 Å². The van der Waals surface area contributed by atoms with Gasteiger partial charge in [-0.3, -0.25) is 0 Å². The molecule has 2 unspecified atom stereocenters. The molecule has 2 atom stereocenters. The Morgan fingerprint density at radius 2 is 1.63 bits per heavy atom. The molecule has 0 rings (SSSR count).